The van der Waals surface area contributed by atoms with Crippen molar-refractivity contribution in [3.63, 3.8) is 0 Å². The second kappa shape index (κ2) is 13.4. The number of carbonyl (C=O) groups is 3. The van der Waals surface area contributed by atoms with Crippen LogP contribution in [0.5, 0.6) is 28.7 Å². The first kappa shape index (κ1) is 36.9. The van der Waals surface area contributed by atoms with E-state index < -0.39 is 65.6 Å². The summed E-state index contributed by atoms with van der Waals surface area (Å²) in [5.41, 5.74) is 2.38. The number of ether oxygens (including phenoxy) is 7. The van der Waals surface area contributed by atoms with Crippen molar-refractivity contribution in [1.82, 2.24) is 15.1 Å². The molecular formula is C35H37F3N4O10S. The highest BCUT2D eigenvalue weighted by molar-refractivity contribution is 7.99. The van der Waals surface area contributed by atoms with Crippen molar-refractivity contribution in [2.24, 2.45) is 0 Å². The van der Waals surface area contributed by atoms with Gasteiger partial charge in [0, 0.05) is 61.0 Å². The number of amides is 1. The first-order valence-electron chi connectivity index (χ1n) is 16.7. The van der Waals surface area contributed by atoms with E-state index >= 15 is 0 Å². The number of methoxy groups -OCH3 is 2. The molecule has 2 aromatic rings. The number of aryl methyl sites for hydroxylation is 1. The standard InChI is InChI=1S/C35H37F3N4O10S/c1-15-7-18-8-34(11-39)12-41(4)24(21(18)29(26(15)47-6)49-13-46-5)25-31-23-22(30-28(50-14-51-30)16(2)27(23)52-17(3)43)20(42(25)34)9-48-32(44)19(10-53-31)40-33(45)35(36,37)38/h7,19-20,24-25,31H,8-10,12-14H2,1-6H3,(H,40,45)/t19-,20?,24+,25?,31+,34-/m0/s1. The zero-order valence-corrected chi connectivity index (χ0v) is 30.5. The van der Waals surface area contributed by atoms with Crippen molar-refractivity contribution < 1.29 is 60.7 Å². The number of benzene rings is 2. The molecule has 7 atom stereocenters. The van der Waals surface area contributed by atoms with E-state index in [2.05, 4.69) is 6.07 Å². The molecule has 0 aliphatic carbocycles. The number of piperazine rings is 1. The van der Waals surface area contributed by atoms with Gasteiger partial charge in [-0.25, -0.2) is 4.79 Å². The molecule has 2 aromatic carbocycles. The van der Waals surface area contributed by atoms with Crippen molar-refractivity contribution in [2.45, 2.75) is 68.3 Å². The van der Waals surface area contributed by atoms with Gasteiger partial charge < -0.3 is 38.5 Å². The van der Waals surface area contributed by atoms with Crippen molar-refractivity contribution >= 4 is 29.6 Å². The predicted molar refractivity (Wildman–Crippen MR) is 179 cm³/mol. The fraction of sp³-hybridized carbons (Fsp3) is 0.543. The molecule has 6 aliphatic rings. The average molecular weight is 763 g/mol. The van der Waals surface area contributed by atoms with E-state index in [1.54, 1.807) is 12.2 Å². The number of nitrogens with one attached hydrogen (secondary N) is 1. The van der Waals surface area contributed by atoms with Gasteiger partial charge in [-0.2, -0.15) is 18.4 Å². The van der Waals surface area contributed by atoms with Gasteiger partial charge in [0.1, 0.15) is 23.9 Å². The number of rotatable bonds is 6. The average Bonchev–Trinajstić information content (AvgIpc) is 3.51. The zero-order valence-electron chi connectivity index (χ0n) is 29.7. The van der Waals surface area contributed by atoms with Crippen LogP contribution >= 0.6 is 11.8 Å². The van der Waals surface area contributed by atoms with Crippen LogP contribution in [-0.2, 0) is 30.3 Å². The number of esters is 2. The Morgan fingerprint density at radius 2 is 1.85 bits per heavy atom. The lowest BCUT2D eigenvalue weighted by Gasteiger charge is -2.60. The fourth-order valence-electron chi connectivity index (χ4n) is 8.65. The van der Waals surface area contributed by atoms with E-state index in [9.17, 15) is 32.8 Å². The van der Waals surface area contributed by atoms with Gasteiger partial charge in [0.15, 0.2) is 29.8 Å². The molecule has 0 saturated carbocycles. The van der Waals surface area contributed by atoms with E-state index in [1.807, 2.05) is 29.8 Å². The van der Waals surface area contributed by atoms with Crippen LogP contribution in [0.4, 0.5) is 13.2 Å². The summed E-state index contributed by atoms with van der Waals surface area (Å²) < 4.78 is 81.6. The number of halogens is 3. The Bertz CT molecular complexity index is 1940. The van der Waals surface area contributed by atoms with E-state index in [0.717, 1.165) is 22.9 Å². The predicted octanol–water partition coefficient (Wildman–Crippen LogP) is 3.56. The van der Waals surface area contributed by atoms with Crippen molar-refractivity contribution in [2.75, 3.05) is 53.8 Å². The number of nitrogens with zero attached hydrogens (tertiary/aromatic N) is 3. The van der Waals surface area contributed by atoms with E-state index in [1.165, 1.54) is 21.1 Å². The molecule has 2 fully saturated rings. The van der Waals surface area contributed by atoms with Crippen molar-refractivity contribution in [3.8, 4) is 34.8 Å². The molecule has 0 radical (unpaired) electrons. The highest BCUT2D eigenvalue weighted by Crippen LogP contribution is 2.65. The minimum absolute atomic E-state index is 0.125. The molecule has 14 nitrogen and oxygen atoms in total. The SMILES string of the molecule is COCOc1c(OC)c(C)cc2c1[C@@H]1C3[C@@H]4SC[C@H](NC(=O)C(F)(F)F)C(=O)OCC(c5c6c(c(C)c(OC(C)=O)c54)OCO6)N3[C@](C#N)(C2)CN1C. The topological polar surface area (TPSA) is 158 Å². The highest BCUT2D eigenvalue weighted by atomic mass is 32.2. The van der Waals surface area contributed by atoms with Crippen LogP contribution in [0.3, 0.4) is 0 Å². The maximum Gasteiger partial charge on any atom is 0.471 e. The number of hydrogen-bond acceptors (Lipinski definition) is 14. The van der Waals surface area contributed by atoms with Crippen LogP contribution in [0.2, 0.25) is 0 Å². The van der Waals surface area contributed by atoms with E-state index in [4.69, 9.17) is 33.2 Å². The Hall–Kier alpha value is -4.44. The summed E-state index contributed by atoms with van der Waals surface area (Å²) in [6.45, 7) is 4.30. The molecule has 6 heterocycles. The van der Waals surface area contributed by atoms with E-state index in [0.29, 0.717) is 45.3 Å². The monoisotopic (exact) mass is 762 g/mol. The molecule has 6 aliphatic heterocycles. The van der Waals surface area contributed by atoms with Gasteiger partial charge in [-0.05, 0) is 32.0 Å². The molecule has 3 unspecified atom stereocenters. The third kappa shape index (κ3) is 5.79. The molecule has 53 heavy (non-hydrogen) atoms. The Morgan fingerprint density at radius 1 is 1.11 bits per heavy atom. The summed E-state index contributed by atoms with van der Waals surface area (Å²) in [4.78, 5) is 42.5. The number of thioether (sulfide) groups is 1. The minimum atomic E-state index is -5.26. The molecule has 284 valence electrons. The van der Waals surface area contributed by atoms with Crippen LogP contribution in [-0.4, -0.2) is 105 Å². The lowest BCUT2D eigenvalue weighted by Crippen LogP contribution is -2.69. The first-order chi connectivity index (χ1) is 25.2. The molecule has 18 heteroatoms. The Kier molecular flexibility index (Phi) is 9.36. The number of carbonyl (C=O) groups excluding carboxylic acids is 3. The number of fused-ring (bicyclic) bond motifs is 6. The number of hydrogen-bond donors (Lipinski definition) is 1. The molecule has 1 N–H and O–H groups in total. The van der Waals surface area contributed by atoms with Gasteiger partial charge in [-0.15, -0.1) is 11.8 Å². The van der Waals surface area contributed by atoms with Gasteiger partial charge in [-0.3, -0.25) is 19.4 Å². The third-order valence-electron chi connectivity index (χ3n) is 10.4. The third-order valence-corrected chi connectivity index (χ3v) is 11.8. The lowest BCUT2D eigenvalue weighted by atomic mass is 9.76. The molecular weight excluding hydrogens is 725 g/mol. The molecule has 2 saturated heterocycles. The highest BCUT2D eigenvalue weighted by Gasteiger charge is 2.63. The quantitative estimate of drug-likeness (QED) is 0.259. The Morgan fingerprint density at radius 3 is 2.51 bits per heavy atom. The van der Waals surface area contributed by atoms with Crippen molar-refractivity contribution in [3.05, 3.63) is 39.4 Å². The number of likely N-dealkylation sites (N-methyl/N-ethyl adjacent to an activating group) is 1. The number of nitriles is 1. The number of alkyl halides is 3. The summed E-state index contributed by atoms with van der Waals surface area (Å²) in [6.07, 6.45) is -5.06. The van der Waals surface area contributed by atoms with Crippen LogP contribution in [0.15, 0.2) is 6.07 Å². The normalized spacial score (nSPS) is 28.4. The second-order valence-corrected chi connectivity index (χ2v) is 14.8. The van der Waals surface area contributed by atoms with Gasteiger partial charge >= 0.3 is 24.0 Å². The van der Waals surface area contributed by atoms with Crippen LogP contribution in [0, 0.1) is 25.2 Å². The van der Waals surface area contributed by atoms with Crippen LogP contribution in [0.25, 0.3) is 0 Å². The Balaban J connectivity index is 1.54. The van der Waals surface area contributed by atoms with Gasteiger partial charge in [-0.1, -0.05) is 6.07 Å². The maximum absolute atomic E-state index is 13.5. The molecule has 0 spiro atoms. The maximum atomic E-state index is 13.5. The van der Waals surface area contributed by atoms with Gasteiger partial charge in [0.25, 0.3) is 0 Å². The zero-order chi connectivity index (χ0) is 38.1. The first-order valence-corrected chi connectivity index (χ1v) is 17.7. The van der Waals surface area contributed by atoms with Gasteiger partial charge in [0.2, 0.25) is 6.79 Å². The second-order valence-electron chi connectivity index (χ2n) is 13.6. The largest absolute Gasteiger partial charge is 0.493 e. The molecule has 0 aromatic heterocycles. The van der Waals surface area contributed by atoms with E-state index in [-0.39, 0.29) is 38.1 Å². The van der Waals surface area contributed by atoms with Crippen LogP contribution in [0.1, 0.15) is 57.6 Å². The summed E-state index contributed by atoms with van der Waals surface area (Å²) in [6, 6.07) is 0.617. The van der Waals surface area contributed by atoms with Crippen LogP contribution < -0.4 is 29.0 Å². The Labute approximate surface area is 306 Å². The smallest absolute Gasteiger partial charge is 0.471 e. The summed E-state index contributed by atoms with van der Waals surface area (Å²) in [5.74, 6) is -2.74. The summed E-state index contributed by atoms with van der Waals surface area (Å²) >= 11 is 1.07. The molecule has 4 bridgehead atoms. The van der Waals surface area contributed by atoms with Crippen molar-refractivity contribution in [1.29, 1.82) is 5.26 Å². The number of cyclic esters (lactones) is 1. The summed E-state index contributed by atoms with van der Waals surface area (Å²) in [5, 5.41) is 12.3. The fourth-order valence-corrected chi connectivity index (χ4v) is 10.1. The molecule has 8 rings (SSSR count). The molecule has 1 amide bonds. The summed E-state index contributed by atoms with van der Waals surface area (Å²) in [7, 11) is 4.88. The minimum Gasteiger partial charge on any atom is -0.493 e. The van der Waals surface area contributed by atoms with Gasteiger partial charge in [0.05, 0.1) is 30.5 Å². The lowest BCUT2D eigenvalue weighted by molar-refractivity contribution is -0.176.